The fourth-order valence-corrected chi connectivity index (χ4v) is 1.84. The Morgan fingerprint density at radius 1 is 1.20 bits per heavy atom. The molecule has 0 heterocycles. The Morgan fingerprint density at radius 2 is 1.80 bits per heavy atom. The lowest BCUT2D eigenvalue weighted by atomic mass is 9.96. The highest BCUT2D eigenvalue weighted by molar-refractivity contribution is 5.80. The van der Waals surface area contributed by atoms with Gasteiger partial charge in [-0.25, -0.2) is 0 Å². The molecule has 0 saturated heterocycles. The van der Waals surface area contributed by atoms with E-state index in [0.29, 0.717) is 13.0 Å². The third kappa shape index (κ3) is 4.42. The molecule has 20 heavy (non-hydrogen) atoms. The van der Waals surface area contributed by atoms with E-state index in [2.05, 4.69) is 5.32 Å². The van der Waals surface area contributed by atoms with Gasteiger partial charge in [0.2, 0.25) is 0 Å². The predicted octanol–water partition coefficient (Wildman–Crippen LogP) is 2.01. The van der Waals surface area contributed by atoms with E-state index in [1.807, 2.05) is 31.2 Å². The Hall–Kier alpha value is -1.75. The fraction of sp³-hybridized carbons (Fsp3) is 0.533. The first-order valence-electron chi connectivity index (χ1n) is 6.60. The van der Waals surface area contributed by atoms with Crippen molar-refractivity contribution in [3.8, 4) is 11.5 Å². The van der Waals surface area contributed by atoms with Crippen LogP contribution >= 0.6 is 0 Å². The van der Waals surface area contributed by atoms with Crippen molar-refractivity contribution < 1.29 is 19.0 Å². The second-order valence-electron chi connectivity index (χ2n) is 4.70. The molecule has 1 aromatic carbocycles. The van der Waals surface area contributed by atoms with Crippen molar-refractivity contribution in [2.24, 2.45) is 0 Å². The molecule has 0 radical (unpaired) electrons. The summed E-state index contributed by atoms with van der Waals surface area (Å²) in [5, 5.41) is 3.00. The van der Waals surface area contributed by atoms with Crippen molar-refractivity contribution in [2.75, 3.05) is 27.9 Å². The van der Waals surface area contributed by atoms with Crippen molar-refractivity contribution in [3.05, 3.63) is 24.3 Å². The largest absolute Gasteiger partial charge is 0.497 e. The maximum Gasteiger partial charge on any atom is 0.325 e. The minimum atomic E-state index is -0.669. The lowest BCUT2D eigenvalue weighted by Crippen LogP contribution is -2.48. The Bertz CT molecular complexity index is 418. The highest BCUT2D eigenvalue weighted by Crippen LogP contribution is 2.18. The summed E-state index contributed by atoms with van der Waals surface area (Å²) < 4.78 is 15.5. The van der Waals surface area contributed by atoms with E-state index in [4.69, 9.17) is 14.2 Å². The molecule has 0 fully saturated rings. The number of hydrogen-bond acceptors (Lipinski definition) is 5. The SMILES string of the molecule is CNC(C)(CCCOc1ccc(OC)cc1)C(=O)OC. The molecule has 1 atom stereocenters. The van der Waals surface area contributed by atoms with E-state index in [1.54, 1.807) is 14.2 Å². The molecule has 0 bridgehead atoms. The molecule has 0 aliphatic carbocycles. The highest BCUT2D eigenvalue weighted by atomic mass is 16.5. The molecular weight excluding hydrogens is 258 g/mol. The van der Waals surface area contributed by atoms with Gasteiger partial charge < -0.3 is 19.5 Å². The molecule has 5 heteroatoms. The summed E-state index contributed by atoms with van der Waals surface area (Å²) in [5.41, 5.74) is -0.669. The molecule has 1 aromatic rings. The summed E-state index contributed by atoms with van der Waals surface area (Å²) in [7, 11) is 4.77. The van der Waals surface area contributed by atoms with Crippen LogP contribution in [0.2, 0.25) is 0 Å². The molecule has 1 N–H and O–H groups in total. The standard InChI is InChI=1S/C15H23NO4/c1-15(16-2,14(17)19-4)10-5-11-20-13-8-6-12(18-3)7-9-13/h6-9,16H,5,10-11H2,1-4H3. The third-order valence-electron chi connectivity index (χ3n) is 3.34. The van der Waals surface area contributed by atoms with Crippen molar-refractivity contribution in [3.63, 3.8) is 0 Å². The van der Waals surface area contributed by atoms with Crippen LogP contribution < -0.4 is 14.8 Å². The zero-order valence-corrected chi connectivity index (χ0v) is 12.6. The molecule has 0 aliphatic heterocycles. The lowest BCUT2D eigenvalue weighted by molar-refractivity contribution is -0.148. The quantitative estimate of drug-likeness (QED) is 0.583. The van der Waals surface area contributed by atoms with E-state index < -0.39 is 5.54 Å². The van der Waals surface area contributed by atoms with Gasteiger partial charge in [-0.3, -0.25) is 4.79 Å². The first kappa shape index (κ1) is 16.3. The molecule has 5 nitrogen and oxygen atoms in total. The Kier molecular flexibility index (Phi) is 6.31. The van der Waals surface area contributed by atoms with Crippen LogP contribution in [0.15, 0.2) is 24.3 Å². The number of esters is 1. The monoisotopic (exact) mass is 281 g/mol. The first-order chi connectivity index (χ1) is 9.55. The topological polar surface area (TPSA) is 56.8 Å². The molecule has 1 unspecified atom stereocenters. The Labute approximate surface area is 120 Å². The summed E-state index contributed by atoms with van der Waals surface area (Å²) in [6, 6.07) is 7.41. The number of hydrogen-bond donors (Lipinski definition) is 1. The number of methoxy groups -OCH3 is 2. The number of carbonyl (C=O) groups excluding carboxylic acids is 1. The average molecular weight is 281 g/mol. The van der Waals surface area contributed by atoms with Crippen LogP contribution in [0.25, 0.3) is 0 Å². The number of ether oxygens (including phenoxy) is 3. The maximum absolute atomic E-state index is 11.7. The van der Waals surface area contributed by atoms with E-state index in [1.165, 1.54) is 7.11 Å². The van der Waals surface area contributed by atoms with Crippen LogP contribution in [0, 0.1) is 0 Å². The molecule has 1 rings (SSSR count). The van der Waals surface area contributed by atoms with Crippen LogP contribution in [0.3, 0.4) is 0 Å². The van der Waals surface area contributed by atoms with Crippen LogP contribution in [-0.2, 0) is 9.53 Å². The van der Waals surface area contributed by atoms with Gasteiger partial charge in [0.1, 0.15) is 17.0 Å². The average Bonchev–Trinajstić information content (AvgIpc) is 2.51. The van der Waals surface area contributed by atoms with Gasteiger partial charge in [-0.05, 0) is 51.1 Å². The van der Waals surface area contributed by atoms with Gasteiger partial charge in [0, 0.05) is 0 Å². The molecule has 112 valence electrons. The van der Waals surface area contributed by atoms with E-state index in [0.717, 1.165) is 17.9 Å². The first-order valence-corrected chi connectivity index (χ1v) is 6.60. The Balaban J connectivity index is 2.38. The predicted molar refractivity (Wildman–Crippen MR) is 77.2 cm³/mol. The number of rotatable bonds is 8. The van der Waals surface area contributed by atoms with Gasteiger partial charge >= 0.3 is 5.97 Å². The number of carbonyl (C=O) groups is 1. The molecule has 0 spiro atoms. The second-order valence-corrected chi connectivity index (χ2v) is 4.70. The number of nitrogens with one attached hydrogen (secondary N) is 1. The number of benzene rings is 1. The molecular formula is C15H23NO4. The van der Waals surface area contributed by atoms with Crippen molar-refractivity contribution in [1.29, 1.82) is 0 Å². The van der Waals surface area contributed by atoms with E-state index >= 15 is 0 Å². The maximum atomic E-state index is 11.7. The molecule has 0 saturated carbocycles. The van der Waals surface area contributed by atoms with Crippen molar-refractivity contribution in [2.45, 2.75) is 25.3 Å². The normalized spacial score (nSPS) is 13.4. The zero-order chi connectivity index (χ0) is 15.0. The highest BCUT2D eigenvalue weighted by Gasteiger charge is 2.31. The van der Waals surface area contributed by atoms with Gasteiger partial charge in [-0.15, -0.1) is 0 Å². The van der Waals surface area contributed by atoms with E-state index in [-0.39, 0.29) is 5.97 Å². The summed E-state index contributed by atoms with van der Waals surface area (Å²) >= 11 is 0. The van der Waals surface area contributed by atoms with Gasteiger partial charge in [0.25, 0.3) is 0 Å². The summed E-state index contributed by atoms with van der Waals surface area (Å²) in [4.78, 5) is 11.7. The zero-order valence-electron chi connectivity index (χ0n) is 12.6. The second kappa shape index (κ2) is 7.75. The van der Waals surface area contributed by atoms with Crippen LogP contribution in [0.5, 0.6) is 11.5 Å². The van der Waals surface area contributed by atoms with Crippen LogP contribution in [-0.4, -0.2) is 39.4 Å². The van der Waals surface area contributed by atoms with Crippen LogP contribution in [0.1, 0.15) is 19.8 Å². The third-order valence-corrected chi connectivity index (χ3v) is 3.34. The molecule has 0 amide bonds. The lowest BCUT2D eigenvalue weighted by Gasteiger charge is -2.25. The van der Waals surface area contributed by atoms with Gasteiger partial charge in [-0.2, -0.15) is 0 Å². The smallest absolute Gasteiger partial charge is 0.325 e. The van der Waals surface area contributed by atoms with Gasteiger partial charge in [0.05, 0.1) is 20.8 Å². The summed E-state index contributed by atoms with van der Waals surface area (Å²) in [6.45, 7) is 2.37. The van der Waals surface area contributed by atoms with Crippen molar-refractivity contribution in [1.82, 2.24) is 5.32 Å². The number of likely N-dealkylation sites (N-methyl/N-ethyl adjacent to an activating group) is 1. The van der Waals surface area contributed by atoms with Gasteiger partial charge in [0.15, 0.2) is 0 Å². The minimum Gasteiger partial charge on any atom is -0.497 e. The minimum absolute atomic E-state index is 0.260. The summed E-state index contributed by atoms with van der Waals surface area (Å²) in [6.07, 6.45) is 1.39. The Morgan fingerprint density at radius 3 is 2.30 bits per heavy atom. The molecule has 0 aromatic heterocycles. The fourth-order valence-electron chi connectivity index (χ4n) is 1.84. The van der Waals surface area contributed by atoms with Crippen LogP contribution in [0.4, 0.5) is 0 Å². The van der Waals surface area contributed by atoms with E-state index in [9.17, 15) is 4.79 Å². The molecule has 0 aliphatic rings. The summed E-state index contributed by atoms with van der Waals surface area (Å²) in [5.74, 6) is 1.32. The van der Waals surface area contributed by atoms with Gasteiger partial charge in [-0.1, -0.05) is 0 Å². The van der Waals surface area contributed by atoms with Crippen molar-refractivity contribution >= 4 is 5.97 Å².